The molecule has 0 aliphatic heterocycles. The van der Waals surface area contributed by atoms with Crippen LogP contribution in [0.25, 0.3) is 0 Å². The van der Waals surface area contributed by atoms with Gasteiger partial charge in [0, 0.05) is 12.0 Å². The van der Waals surface area contributed by atoms with Gasteiger partial charge in [-0.25, -0.2) is 9.59 Å². The lowest BCUT2D eigenvalue weighted by atomic mass is 9.84. The van der Waals surface area contributed by atoms with Gasteiger partial charge in [0.1, 0.15) is 0 Å². The average Bonchev–Trinajstić information content (AvgIpc) is 2.77. The summed E-state index contributed by atoms with van der Waals surface area (Å²) >= 11 is 0. The third-order valence-electron chi connectivity index (χ3n) is 4.72. The van der Waals surface area contributed by atoms with Gasteiger partial charge in [0.15, 0.2) is 11.3 Å². The van der Waals surface area contributed by atoms with Gasteiger partial charge in [0.05, 0.1) is 13.7 Å². The molecule has 2 aromatic carbocycles. The predicted molar refractivity (Wildman–Crippen MR) is 114 cm³/mol. The number of ether oxygens (including phenoxy) is 2. The highest BCUT2D eigenvalue weighted by Gasteiger charge is 2.43. The van der Waals surface area contributed by atoms with E-state index in [2.05, 4.69) is 5.32 Å². The normalized spacial score (nSPS) is 12.7. The molecule has 0 saturated carbocycles. The largest absolute Gasteiger partial charge is 0.467 e. The molecule has 1 amide bonds. The van der Waals surface area contributed by atoms with Gasteiger partial charge in [-0.2, -0.15) is 0 Å². The molecular weight excluding hydrogens is 382 g/mol. The number of Topliss-reactive ketones (excluding diaryl/α,β-unsaturated/α-hetero) is 1. The number of ketones is 1. The predicted octanol–water partition coefficient (Wildman–Crippen LogP) is 4.49. The van der Waals surface area contributed by atoms with E-state index in [9.17, 15) is 14.4 Å². The fourth-order valence-corrected chi connectivity index (χ4v) is 3.18. The van der Waals surface area contributed by atoms with Crippen LogP contribution in [0.3, 0.4) is 0 Å². The summed E-state index contributed by atoms with van der Waals surface area (Å²) in [4.78, 5) is 37.8. The molecule has 0 spiro atoms. The van der Waals surface area contributed by atoms with E-state index in [1.54, 1.807) is 36.4 Å². The minimum Gasteiger partial charge on any atom is -0.467 e. The van der Waals surface area contributed by atoms with Gasteiger partial charge in [0.2, 0.25) is 0 Å². The minimum absolute atomic E-state index is 0.0233. The number of esters is 1. The van der Waals surface area contributed by atoms with Crippen molar-refractivity contribution in [3.8, 4) is 0 Å². The molecule has 1 N–H and O–H groups in total. The van der Waals surface area contributed by atoms with E-state index >= 15 is 0 Å². The molecule has 160 valence electrons. The summed E-state index contributed by atoms with van der Waals surface area (Å²) in [7, 11) is 1.27. The molecule has 6 heteroatoms. The molecule has 0 bridgehead atoms. The first-order valence-corrected chi connectivity index (χ1v) is 10.1. The Hall–Kier alpha value is -3.15. The van der Waals surface area contributed by atoms with Crippen molar-refractivity contribution < 1.29 is 23.9 Å². The second kappa shape index (κ2) is 11.1. The second-order valence-electron chi connectivity index (χ2n) is 7.52. The van der Waals surface area contributed by atoms with E-state index in [4.69, 9.17) is 9.47 Å². The molecule has 0 aliphatic carbocycles. The van der Waals surface area contributed by atoms with Crippen molar-refractivity contribution in [2.45, 2.75) is 38.6 Å². The minimum atomic E-state index is -1.44. The first-order valence-electron chi connectivity index (χ1n) is 10.1. The van der Waals surface area contributed by atoms with Gasteiger partial charge in [-0.3, -0.25) is 4.79 Å². The average molecular weight is 411 g/mol. The van der Waals surface area contributed by atoms with Crippen molar-refractivity contribution in [2.24, 2.45) is 5.92 Å². The molecule has 2 rings (SSSR count). The van der Waals surface area contributed by atoms with Crippen molar-refractivity contribution >= 4 is 17.8 Å². The summed E-state index contributed by atoms with van der Waals surface area (Å²) in [5, 5.41) is 2.72. The van der Waals surface area contributed by atoms with Gasteiger partial charge in [-0.05, 0) is 24.3 Å². The molecular formula is C24H29NO5. The zero-order valence-electron chi connectivity index (χ0n) is 17.7. The van der Waals surface area contributed by atoms with Crippen LogP contribution in [0.2, 0.25) is 0 Å². The number of carbonyl (C=O) groups is 3. The molecule has 2 aromatic rings. The Bertz CT molecular complexity index is 835. The highest BCUT2D eigenvalue weighted by molar-refractivity contribution is 5.96. The van der Waals surface area contributed by atoms with Gasteiger partial charge >= 0.3 is 12.1 Å². The monoisotopic (exact) mass is 411 g/mol. The first kappa shape index (κ1) is 23.1. The number of benzene rings is 2. The maximum atomic E-state index is 12.9. The quantitative estimate of drug-likeness (QED) is 0.460. The van der Waals surface area contributed by atoms with Crippen molar-refractivity contribution in [1.29, 1.82) is 0 Å². The van der Waals surface area contributed by atoms with Crippen LogP contribution in [0.4, 0.5) is 4.79 Å². The molecule has 0 fully saturated rings. The lowest BCUT2D eigenvalue weighted by Crippen LogP contribution is -2.52. The molecule has 1 atom stereocenters. The summed E-state index contributed by atoms with van der Waals surface area (Å²) < 4.78 is 10.3. The van der Waals surface area contributed by atoms with Gasteiger partial charge in [0.25, 0.3) is 0 Å². The standard InChI is InChI=1S/C24H29NO5/c1-18(2)17-30-23(28)25-24(22(27)29-3,20-13-8-5-9-14-20)16-10-15-21(26)19-11-6-4-7-12-19/h4-9,11-14,18H,10,15-17H2,1-3H3,(H,25,28). The molecule has 0 radical (unpaired) electrons. The smallest absolute Gasteiger partial charge is 0.408 e. The van der Waals surface area contributed by atoms with Gasteiger partial charge in [-0.15, -0.1) is 0 Å². The Morgan fingerprint density at radius 1 is 0.967 bits per heavy atom. The van der Waals surface area contributed by atoms with Crippen LogP contribution in [0.15, 0.2) is 60.7 Å². The van der Waals surface area contributed by atoms with E-state index < -0.39 is 17.6 Å². The number of hydrogen-bond donors (Lipinski definition) is 1. The molecule has 0 saturated heterocycles. The maximum Gasteiger partial charge on any atom is 0.408 e. The Balaban J connectivity index is 2.23. The molecule has 0 heterocycles. The van der Waals surface area contributed by atoms with Crippen molar-refractivity contribution in [3.63, 3.8) is 0 Å². The molecule has 6 nitrogen and oxygen atoms in total. The van der Waals surface area contributed by atoms with Crippen molar-refractivity contribution in [1.82, 2.24) is 5.32 Å². The first-order chi connectivity index (χ1) is 14.4. The third-order valence-corrected chi connectivity index (χ3v) is 4.72. The highest BCUT2D eigenvalue weighted by Crippen LogP contribution is 2.30. The van der Waals surface area contributed by atoms with Crippen LogP contribution in [0.5, 0.6) is 0 Å². The van der Waals surface area contributed by atoms with E-state index in [1.807, 2.05) is 38.1 Å². The number of rotatable bonds is 10. The summed E-state index contributed by atoms with van der Waals surface area (Å²) in [6.07, 6.45) is 0.104. The lowest BCUT2D eigenvalue weighted by molar-refractivity contribution is -0.149. The number of carbonyl (C=O) groups excluding carboxylic acids is 3. The van der Waals surface area contributed by atoms with Crippen LogP contribution in [0, 0.1) is 5.92 Å². The van der Waals surface area contributed by atoms with Crippen molar-refractivity contribution in [3.05, 3.63) is 71.8 Å². The maximum absolute atomic E-state index is 12.9. The van der Waals surface area contributed by atoms with Gasteiger partial charge in [-0.1, -0.05) is 74.5 Å². The molecule has 0 aromatic heterocycles. The Morgan fingerprint density at radius 2 is 1.57 bits per heavy atom. The van der Waals surface area contributed by atoms with Crippen LogP contribution < -0.4 is 5.32 Å². The lowest BCUT2D eigenvalue weighted by Gasteiger charge is -2.32. The second-order valence-corrected chi connectivity index (χ2v) is 7.52. The van der Waals surface area contributed by atoms with Gasteiger partial charge < -0.3 is 14.8 Å². The fraction of sp³-hybridized carbons (Fsp3) is 0.375. The van der Waals surface area contributed by atoms with E-state index in [-0.39, 0.29) is 31.1 Å². The summed E-state index contributed by atoms with van der Waals surface area (Å²) in [6.45, 7) is 4.07. The Kier molecular flexibility index (Phi) is 8.59. The highest BCUT2D eigenvalue weighted by atomic mass is 16.6. The van der Waals surface area contributed by atoms with Crippen LogP contribution in [0.1, 0.15) is 49.0 Å². The number of methoxy groups -OCH3 is 1. The SMILES string of the molecule is COC(=O)C(CCCC(=O)c1ccccc1)(NC(=O)OCC(C)C)c1ccccc1. The van der Waals surface area contributed by atoms with Crippen LogP contribution in [-0.2, 0) is 19.8 Å². The van der Waals surface area contributed by atoms with E-state index in [0.717, 1.165) is 0 Å². The summed E-state index contributed by atoms with van der Waals surface area (Å²) in [6, 6.07) is 17.9. The summed E-state index contributed by atoms with van der Waals surface area (Å²) in [5.41, 5.74) is -0.253. The number of amides is 1. The zero-order valence-corrected chi connectivity index (χ0v) is 17.7. The summed E-state index contributed by atoms with van der Waals surface area (Å²) in [5.74, 6) is -0.476. The Labute approximate surface area is 177 Å². The number of alkyl carbamates (subject to hydrolysis) is 1. The fourth-order valence-electron chi connectivity index (χ4n) is 3.18. The number of hydrogen-bond acceptors (Lipinski definition) is 5. The third kappa shape index (κ3) is 6.17. The zero-order chi connectivity index (χ0) is 22.0. The molecule has 1 unspecified atom stereocenters. The topological polar surface area (TPSA) is 81.7 Å². The van der Waals surface area contributed by atoms with Crippen LogP contribution in [-0.4, -0.2) is 31.6 Å². The Morgan fingerprint density at radius 3 is 2.13 bits per heavy atom. The molecule has 30 heavy (non-hydrogen) atoms. The van der Waals surface area contributed by atoms with E-state index in [0.29, 0.717) is 17.5 Å². The molecule has 0 aliphatic rings. The van der Waals surface area contributed by atoms with E-state index in [1.165, 1.54) is 7.11 Å². The number of nitrogens with one attached hydrogen (secondary N) is 1. The van der Waals surface area contributed by atoms with Crippen molar-refractivity contribution in [2.75, 3.05) is 13.7 Å². The van der Waals surface area contributed by atoms with Crippen LogP contribution >= 0.6 is 0 Å².